The van der Waals surface area contributed by atoms with Crippen LogP contribution in [-0.2, 0) is 17.8 Å². The summed E-state index contributed by atoms with van der Waals surface area (Å²) in [7, 11) is 3.73. The van der Waals surface area contributed by atoms with Crippen LogP contribution in [0.15, 0.2) is 52.0 Å². The van der Waals surface area contributed by atoms with Crippen LogP contribution in [0.2, 0.25) is 0 Å². The molecule has 0 fully saturated rings. The molecule has 2 aliphatic heterocycles. The number of fused-ring (bicyclic) bond motifs is 1. The summed E-state index contributed by atoms with van der Waals surface area (Å²) in [5, 5.41) is 23.2. The molecule has 2 aromatic heterocycles. The van der Waals surface area contributed by atoms with E-state index in [1.165, 1.54) is 0 Å². The number of aromatic nitrogens is 3. The SMILES string of the molecule is CN(Cc1ccc(C#N)cn1)/N=C\C1=C(C=O)N(C)C2N=C(Cc3cc[nH]n3)SC12. The molecule has 2 aromatic rings. The molecule has 10 heteroatoms. The number of carbonyl (C=O) groups is 1. The second-order valence-electron chi connectivity index (χ2n) is 7.00. The molecule has 0 amide bonds. The zero-order chi connectivity index (χ0) is 21.1. The lowest BCUT2D eigenvalue weighted by Crippen LogP contribution is -2.28. The van der Waals surface area contributed by atoms with Crippen LogP contribution in [0, 0.1) is 11.3 Å². The number of nitrogens with one attached hydrogen (secondary N) is 1. The Morgan fingerprint density at radius 1 is 1.40 bits per heavy atom. The van der Waals surface area contributed by atoms with E-state index in [0.29, 0.717) is 24.2 Å². The number of rotatable bonds is 7. The second-order valence-corrected chi connectivity index (χ2v) is 8.21. The van der Waals surface area contributed by atoms with Gasteiger partial charge in [0.05, 0.1) is 45.7 Å². The Hall–Kier alpha value is -3.45. The number of aldehydes is 1. The molecule has 0 aliphatic carbocycles. The largest absolute Gasteiger partial charge is 0.349 e. The predicted octanol–water partition coefficient (Wildman–Crippen LogP) is 1.58. The van der Waals surface area contributed by atoms with Gasteiger partial charge in [-0.2, -0.15) is 15.5 Å². The van der Waals surface area contributed by atoms with Gasteiger partial charge in [0, 0.05) is 38.5 Å². The molecule has 0 saturated heterocycles. The van der Waals surface area contributed by atoms with E-state index < -0.39 is 0 Å². The molecule has 30 heavy (non-hydrogen) atoms. The molecule has 2 unspecified atom stereocenters. The third-order valence-electron chi connectivity index (χ3n) is 4.93. The number of thioether (sulfide) groups is 1. The third kappa shape index (κ3) is 3.97. The molecular formula is C20H20N8OS. The summed E-state index contributed by atoms with van der Waals surface area (Å²) in [6, 6.07) is 7.53. The molecule has 0 spiro atoms. The second kappa shape index (κ2) is 8.51. The Balaban J connectivity index is 1.45. The van der Waals surface area contributed by atoms with Gasteiger partial charge in [-0.15, -0.1) is 0 Å². The van der Waals surface area contributed by atoms with Crippen LogP contribution in [0.3, 0.4) is 0 Å². The summed E-state index contributed by atoms with van der Waals surface area (Å²) in [5.74, 6) is 0. The van der Waals surface area contributed by atoms with Gasteiger partial charge in [0.25, 0.3) is 0 Å². The number of aromatic amines is 1. The smallest absolute Gasteiger partial charge is 0.166 e. The highest BCUT2D eigenvalue weighted by atomic mass is 32.2. The maximum atomic E-state index is 11.7. The van der Waals surface area contributed by atoms with Crippen LogP contribution < -0.4 is 0 Å². The van der Waals surface area contributed by atoms with Crippen LogP contribution in [0.4, 0.5) is 0 Å². The van der Waals surface area contributed by atoms with Gasteiger partial charge in [-0.3, -0.25) is 24.9 Å². The zero-order valence-corrected chi connectivity index (χ0v) is 17.4. The molecule has 9 nitrogen and oxygen atoms in total. The van der Waals surface area contributed by atoms with Crippen molar-refractivity contribution in [3.05, 3.63) is 58.8 Å². The zero-order valence-electron chi connectivity index (χ0n) is 16.6. The van der Waals surface area contributed by atoms with Crippen LogP contribution in [0.1, 0.15) is 17.0 Å². The quantitative estimate of drug-likeness (QED) is 0.411. The van der Waals surface area contributed by atoms with Crippen molar-refractivity contribution in [2.24, 2.45) is 10.1 Å². The summed E-state index contributed by atoms with van der Waals surface area (Å²) < 4.78 is 0. The normalized spacial score (nSPS) is 20.4. The number of aliphatic imine (C=N–C) groups is 1. The van der Waals surface area contributed by atoms with E-state index in [9.17, 15) is 4.79 Å². The number of hydrogen-bond donors (Lipinski definition) is 1. The van der Waals surface area contributed by atoms with Gasteiger partial charge >= 0.3 is 0 Å². The molecule has 2 atom stereocenters. The lowest BCUT2D eigenvalue weighted by molar-refractivity contribution is -0.106. The lowest BCUT2D eigenvalue weighted by atomic mass is 10.2. The highest BCUT2D eigenvalue weighted by Crippen LogP contribution is 2.41. The molecule has 0 radical (unpaired) electrons. The number of hydrogen-bond acceptors (Lipinski definition) is 9. The minimum absolute atomic E-state index is 0.0225. The fourth-order valence-electron chi connectivity index (χ4n) is 3.40. The van der Waals surface area contributed by atoms with Gasteiger partial charge in [-0.1, -0.05) is 11.8 Å². The van der Waals surface area contributed by atoms with Gasteiger partial charge in [0.15, 0.2) is 6.29 Å². The lowest BCUT2D eigenvalue weighted by Gasteiger charge is -2.18. The number of pyridine rings is 1. The van der Waals surface area contributed by atoms with Crippen LogP contribution in [-0.4, -0.2) is 68.1 Å². The molecular weight excluding hydrogens is 400 g/mol. The number of allylic oxidation sites excluding steroid dienone is 1. The summed E-state index contributed by atoms with van der Waals surface area (Å²) in [4.78, 5) is 22.7. The molecule has 0 bridgehead atoms. The minimum Gasteiger partial charge on any atom is -0.349 e. The summed E-state index contributed by atoms with van der Waals surface area (Å²) in [6.07, 6.45) is 6.50. The first-order valence-electron chi connectivity index (χ1n) is 9.33. The average Bonchev–Trinajstić information content (AvgIpc) is 3.46. The average molecular weight is 421 g/mol. The molecule has 0 aromatic carbocycles. The van der Waals surface area contributed by atoms with Gasteiger partial charge in [0.1, 0.15) is 12.2 Å². The summed E-state index contributed by atoms with van der Waals surface area (Å²) >= 11 is 1.66. The molecule has 152 valence electrons. The van der Waals surface area contributed by atoms with Crippen molar-refractivity contribution in [1.29, 1.82) is 5.26 Å². The Kier molecular flexibility index (Phi) is 5.63. The van der Waals surface area contributed by atoms with Crippen molar-refractivity contribution in [3.63, 3.8) is 0 Å². The maximum Gasteiger partial charge on any atom is 0.166 e. The van der Waals surface area contributed by atoms with E-state index in [0.717, 1.165) is 28.3 Å². The van der Waals surface area contributed by atoms with Crippen molar-refractivity contribution < 1.29 is 4.79 Å². The standard InChI is InChI=1S/C20H20N8OS/c1-27(11-15-4-3-13(8-21)9-22-15)24-10-16-17(12-29)28(2)20-19(16)30-18(25-20)7-14-5-6-23-26-14/h3-6,9-10,12,19-20H,7,11H2,1-2H3,(H,23,26)/b24-10-. The number of carbonyl (C=O) groups excluding carboxylic acids is 1. The van der Waals surface area contributed by atoms with Crippen molar-refractivity contribution in [1.82, 2.24) is 25.1 Å². The van der Waals surface area contributed by atoms with Crippen molar-refractivity contribution >= 4 is 29.3 Å². The van der Waals surface area contributed by atoms with E-state index in [4.69, 9.17) is 10.3 Å². The highest BCUT2D eigenvalue weighted by Gasteiger charge is 2.43. The Morgan fingerprint density at radius 2 is 2.27 bits per heavy atom. The van der Waals surface area contributed by atoms with E-state index in [2.05, 4.69) is 26.4 Å². The first-order valence-corrected chi connectivity index (χ1v) is 10.2. The third-order valence-corrected chi connectivity index (χ3v) is 6.20. The number of H-pyrrole nitrogens is 1. The van der Waals surface area contributed by atoms with E-state index in [1.807, 2.05) is 31.1 Å². The highest BCUT2D eigenvalue weighted by molar-refractivity contribution is 8.15. The molecule has 2 aliphatic rings. The molecule has 1 N–H and O–H groups in total. The minimum atomic E-state index is -0.115. The van der Waals surface area contributed by atoms with Crippen LogP contribution >= 0.6 is 11.8 Å². The number of nitrogens with zero attached hydrogens (tertiary/aromatic N) is 7. The molecule has 4 rings (SSSR count). The number of nitriles is 1. The topological polar surface area (TPSA) is 114 Å². The maximum absolute atomic E-state index is 11.7. The molecule has 0 saturated carbocycles. The fourth-order valence-corrected chi connectivity index (χ4v) is 4.77. The van der Waals surface area contributed by atoms with Gasteiger partial charge in [0.2, 0.25) is 0 Å². The monoisotopic (exact) mass is 420 g/mol. The van der Waals surface area contributed by atoms with E-state index >= 15 is 0 Å². The van der Waals surface area contributed by atoms with Gasteiger partial charge < -0.3 is 4.90 Å². The predicted molar refractivity (Wildman–Crippen MR) is 115 cm³/mol. The van der Waals surface area contributed by atoms with Crippen molar-refractivity contribution in [3.8, 4) is 6.07 Å². The Bertz CT molecular complexity index is 1050. The molecule has 4 heterocycles. The van der Waals surface area contributed by atoms with Gasteiger partial charge in [-0.25, -0.2) is 0 Å². The first-order chi connectivity index (χ1) is 14.6. The van der Waals surface area contributed by atoms with Gasteiger partial charge in [-0.05, 0) is 18.2 Å². The summed E-state index contributed by atoms with van der Waals surface area (Å²) in [5.41, 5.74) is 3.74. The fraction of sp³-hybridized carbons (Fsp3) is 0.300. The first kappa shape index (κ1) is 19.8. The van der Waals surface area contributed by atoms with Crippen molar-refractivity contribution in [2.75, 3.05) is 14.1 Å². The van der Waals surface area contributed by atoms with Crippen LogP contribution in [0.5, 0.6) is 0 Å². The van der Waals surface area contributed by atoms with Crippen LogP contribution in [0.25, 0.3) is 0 Å². The van der Waals surface area contributed by atoms with Crippen molar-refractivity contribution in [2.45, 2.75) is 24.4 Å². The number of hydrazone groups is 1. The Morgan fingerprint density at radius 3 is 2.93 bits per heavy atom. The van der Waals surface area contributed by atoms with E-state index in [1.54, 1.807) is 41.4 Å². The Labute approximate surface area is 178 Å². The van der Waals surface area contributed by atoms with E-state index in [-0.39, 0.29) is 11.4 Å². The summed E-state index contributed by atoms with van der Waals surface area (Å²) in [6.45, 7) is 0.490. The number of likely N-dealkylation sites (N-methyl/N-ethyl adjacent to an activating group) is 1.